The van der Waals surface area contributed by atoms with Crippen molar-refractivity contribution in [3.8, 4) is 0 Å². The maximum Gasteiger partial charge on any atom is 0.340 e. The van der Waals surface area contributed by atoms with E-state index in [1.165, 1.54) is 6.42 Å². The first-order valence-corrected chi connectivity index (χ1v) is 11.2. The zero-order valence-corrected chi connectivity index (χ0v) is 18.2. The van der Waals surface area contributed by atoms with Gasteiger partial charge in [0.15, 0.2) is 6.61 Å². The third kappa shape index (κ3) is 6.69. The van der Waals surface area contributed by atoms with E-state index in [-0.39, 0.29) is 18.6 Å². The molecular weight excluding hydrogens is 422 g/mol. The molecule has 1 aliphatic carbocycles. The molecular formula is C23H26F2N2O3S. The molecule has 0 aromatic heterocycles. The molecule has 31 heavy (non-hydrogen) atoms. The summed E-state index contributed by atoms with van der Waals surface area (Å²) < 4.78 is 30.2. The third-order valence-electron chi connectivity index (χ3n) is 5.35. The first-order valence-electron chi connectivity index (χ1n) is 10.3. The molecule has 166 valence electrons. The van der Waals surface area contributed by atoms with E-state index in [0.717, 1.165) is 25.7 Å². The van der Waals surface area contributed by atoms with Crippen LogP contribution in [0.5, 0.6) is 0 Å². The van der Waals surface area contributed by atoms with Gasteiger partial charge in [-0.2, -0.15) is 8.78 Å². The smallest absolute Gasteiger partial charge is 0.340 e. The zero-order chi connectivity index (χ0) is 22.2. The Hall–Kier alpha value is -2.61. The van der Waals surface area contributed by atoms with E-state index in [4.69, 9.17) is 4.74 Å². The van der Waals surface area contributed by atoms with Crippen LogP contribution in [0.15, 0.2) is 53.4 Å². The molecule has 1 N–H and O–H groups in total. The van der Waals surface area contributed by atoms with Crippen molar-refractivity contribution in [1.82, 2.24) is 4.90 Å². The summed E-state index contributed by atoms with van der Waals surface area (Å²) in [5, 5.41) is 3.10. The van der Waals surface area contributed by atoms with Crippen LogP contribution in [0.1, 0.15) is 42.5 Å². The first-order chi connectivity index (χ1) is 14.9. The number of nitrogens with zero attached hydrogens (tertiary/aromatic N) is 1. The van der Waals surface area contributed by atoms with Crippen molar-refractivity contribution in [2.24, 2.45) is 0 Å². The number of amides is 1. The number of alkyl halides is 2. The van der Waals surface area contributed by atoms with Crippen LogP contribution in [-0.4, -0.2) is 42.2 Å². The van der Waals surface area contributed by atoms with Crippen molar-refractivity contribution in [3.05, 3.63) is 54.1 Å². The van der Waals surface area contributed by atoms with Crippen molar-refractivity contribution < 1.29 is 23.1 Å². The summed E-state index contributed by atoms with van der Waals surface area (Å²) in [6, 6.07) is 13.5. The van der Waals surface area contributed by atoms with Crippen LogP contribution in [0.3, 0.4) is 0 Å². The van der Waals surface area contributed by atoms with E-state index < -0.39 is 11.7 Å². The topological polar surface area (TPSA) is 58.6 Å². The molecule has 3 rings (SSSR count). The number of esters is 1. The van der Waals surface area contributed by atoms with Crippen LogP contribution in [-0.2, 0) is 9.53 Å². The highest BCUT2D eigenvalue weighted by Crippen LogP contribution is 2.28. The highest BCUT2D eigenvalue weighted by atomic mass is 32.2. The number of halogens is 2. The average Bonchev–Trinajstić information content (AvgIpc) is 2.78. The predicted molar refractivity (Wildman–Crippen MR) is 118 cm³/mol. The summed E-state index contributed by atoms with van der Waals surface area (Å²) in [5.74, 6) is -3.29. The van der Waals surface area contributed by atoms with Crippen LogP contribution >= 0.6 is 11.8 Å². The zero-order valence-electron chi connectivity index (χ0n) is 17.4. The molecule has 0 radical (unpaired) electrons. The fourth-order valence-corrected chi connectivity index (χ4v) is 4.12. The number of carbonyl (C=O) groups excluding carboxylic acids is 2. The number of para-hydroxylation sites is 1. The Morgan fingerprint density at radius 1 is 1.10 bits per heavy atom. The number of ether oxygens (including phenoxy) is 1. The normalized spacial score (nSPS) is 14.3. The van der Waals surface area contributed by atoms with E-state index >= 15 is 0 Å². The number of benzene rings is 2. The largest absolute Gasteiger partial charge is 0.452 e. The van der Waals surface area contributed by atoms with Gasteiger partial charge in [0.25, 0.3) is 11.7 Å². The lowest BCUT2D eigenvalue weighted by molar-refractivity contribution is -0.135. The van der Waals surface area contributed by atoms with Gasteiger partial charge in [-0.1, -0.05) is 43.2 Å². The molecule has 0 atom stereocenters. The Bertz CT molecular complexity index is 887. The molecule has 1 amide bonds. The maximum absolute atomic E-state index is 12.6. The SMILES string of the molecule is CN(C(=O)COC(=O)c1ccccc1Nc1ccc(SC(F)F)cc1)C1CCCCC1. The van der Waals surface area contributed by atoms with Crippen molar-refractivity contribution in [3.63, 3.8) is 0 Å². The Morgan fingerprint density at radius 2 is 1.77 bits per heavy atom. The summed E-state index contributed by atoms with van der Waals surface area (Å²) in [5.41, 5.74) is 1.45. The minimum absolute atomic E-state index is 0.208. The number of likely N-dealkylation sites (N-methyl/N-ethyl adjacent to an activating group) is 1. The van der Waals surface area contributed by atoms with Crippen molar-refractivity contribution in [2.75, 3.05) is 19.0 Å². The van der Waals surface area contributed by atoms with Gasteiger partial charge in [0.1, 0.15) is 0 Å². The highest BCUT2D eigenvalue weighted by Gasteiger charge is 2.23. The van der Waals surface area contributed by atoms with Crippen LogP contribution in [0, 0.1) is 0 Å². The van der Waals surface area contributed by atoms with Gasteiger partial charge in [-0.25, -0.2) is 4.79 Å². The number of thioether (sulfide) groups is 1. The average molecular weight is 449 g/mol. The second-order valence-electron chi connectivity index (χ2n) is 7.45. The highest BCUT2D eigenvalue weighted by molar-refractivity contribution is 7.99. The van der Waals surface area contributed by atoms with E-state index in [0.29, 0.717) is 33.6 Å². The van der Waals surface area contributed by atoms with Gasteiger partial charge in [0.2, 0.25) is 0 Å². The van der Waals surface area contributed by atoms with Gasteiger partial charge < -0.3 is 15.0 Å². The predicted octanol–water partition coefficient (Wildman–Crippen LogP) is 5.69. The number of hydrogen-bond acceptors (Lipinski definition) is 5. The van der Waals surface area contributed by atoms with Gasteiger partial charge in [0, 0.05) is 23.7 Å². The van der Waals surface area contributed by atoms with Gasteiger partial charge in [0.05, 0.1) is 11.3 Å². The van der Waals surface area contributed by atoms with Crippen molar-refractivity contribution in [1.29, 1.82) is 0 Å². The summed E-state index contributed by atoms with van der Waals surface area (Å²) in [6.45, 7) is -0.306. The summed E-state index contributed by atoms with van der Waals surface area (Å²) in [4.78, 5) is 27.2. The number of carbonyl (C=O) groups is 2. The molecule has 2 aromatic rings. The van der Waals surface area contributed by atoms with Gasteiger partial charge in [-0.05, 0) is 49.2 Å². The summed E-state index contributed by atoms with van der Waals surface area (Å²) >= 11 is 0.472. The molecule has 1 saturated carbocycles. The molecule has 1 aliphatic rings. The second-order valence-corrected chi connectivity index (χ2v) is 8.51. The summed E-state index contributed by atoms with van der Waals surface area (Å²) in [7, 11) is 1.76. The second kappa shape index (κ2) is 11.1. The number of hydrogen-bond donors (Lipinski definition) is 1. The molecule has 0 aliphatic heterocycles. The van der Waals surface area contributed by atoms with Crippen molar-refractivity contribution >= 4 is 35.0 Å². The number of anilines is 2. The lowest BCUT2D eigenvalue weighted by atomic mass is 9.94. The Balaban J connectivity index is 1.60. The van der Waals surface area contributed by atoms with Gasteiger partial charge in [-0.3, -0.25) is 4.79 Å². The van der Waals surface area contributed by atoms with E-state index in [1.54, 1.807) is 60.5 Å². The van der Waals surface area contributed by atoms with Gasteiger partial charge in [-0.15, -0.1) is 0 Å². The van der Waals surface area contributed by atoms with Crippen LogP contribution < -0.4 is 5.32 Å². The molecule has 0 saturated heterocycles. The number of rotatable bonds is 8. The van der Waals surface area contributed by atoms with E-state index in [2.05, 4.69) is 5.32 Å². The fourth-order valence-electron chi connectivity index (χ4n) is 3.62. The van der Waals surface area contributed by atoms with Crippen LogP contribution in [0.4, 0.5) is 20.2 Å². The number of nitrogens with one attached hydrogen (secondary N) is 1. The molecule has 5 nitrogen and oxygen atoms in total. The van der Waals surface area contributed by atoms with Crippen molar-refractivity contribution in [2.45, 2.75) is 48.8 Å². The minimum Gasteiger partial charge on any atom is -0.452 e. The fraction of sp³-hybridized carbons (Fsp3) is 0.391. The van der Waals surface area contributed by atoms with E-state index in [9.17, 15) is 18.4 Å². The lowest BCUT2D eigenvalue weighted by Crippen LogP contribution is -2.40. The van der Waals surface area contributed by atoms with E-state index in [1.807, 2.05) is 0 Å². The Morgan fingerprint density at radius 3 is 2.45 bits per heavy atom. The standard InChI is InChI=1S/C23H26F2N2O3S/c1-27(17-7-3-2-4-8-17)21(28)15-30-22(29)19-9-5-6-10-20(19)26-16-11-13-18(14-12-16)31-23(24)25/h5-6,9-14,17,23,26H,2-4,7-8,15H2,1H3. The molecule has 0 unspecified atom stereocenters. The van der Waals surface area contributed by atoms with Crippen LogP contribution in [0.2, 0.25) is 0 Å². The maximum atomic E-state index is 12.6. The van der Waals surface area contributed by atoms with Crippen LogP contribution in [0.25, 0.3) is 0 Å². The molecule has 8 heteroatoms. The molecule has 1 fully saturated rings. The van der Waals surface area contributed by atoms with Gasteiger partial charge >= 0.3 is 5.97 Å². The lowest BCUT2D eigenvalue weighted by Gasteiger charge is -2.31. The third-order valence-corrected chi connectivity index (χ3v) is 6.07. The monoisotopic (exact) mass is 448 g/mol. The summed E-state index contributed by atoms with van der Waals surface area (Å²) in [6.07, 6.45) is 5.39. The molecule has 2 aromatic carbocycles. The Labute approximate surface area is 185 Å². The molecule has 0 spiro atoms. The quantitative estimate of drug-likeness (QED) is 0.415. The Kier molecular flexibility index (Phi) is 8.28. The molecule has 0 bridgehead atoms. The minimum atomic E-state index is -2.48. The first kappa shape index (κ1) is 23.1. The molecule has 0 heterocycles.